The normalized spacial score (nSPS) is 11.6. The lowest BCUT2D eigenvalue weighted by Gasteiger charge is -2.15. The van der Waals surface area contributed by atoms with Crippen molar-refractivity contribution in [3.63, 3.8) is 0 Å². The first-order valence-electron chi connectivity index (χ1n) is 18.8. The lowest BCUT2D eigenvalue weighted by atomic mass is 9.96. The molecule has 8 aromatic carbocycles. The summed E-state index contributed by atoms with van der Waals surface area (Å²) in [5.74, 6) is 1.90. The molecule has 0 fully saturated rings. The molecule has 0 amide bonds. The van der Waals surface area contributed by atoms with Crippen molar-refractivity contribution in [2.24, 2.45) is 0 Å². The maximum absolute atomic E-state index is 6.43. The Morgan fingerprint density at radius 3 is 1.52 bits per heavy atom. The van der Waals surface area contributed by atoms with Crippen LogP contribution in [0.1, 0.15) is 0 Å². The van der Waals surface area contributed by atoms with E-state index in [9.17, 15) is 0 Å². The van der Waals surface area contributed by atoms with Gasteiger partial charge in [0, 0.05) is 50.0 Å². The van der Waals surface area contributed by atoms with Crippen molar-refractivity contribution in [2.45, 2.75) is 0 Å². The van der Waals surface area contributed by atoms with Gasteiger partial charge < -0.3 is 8.98 Å². The third-order valence-corrected chi connectivity index (χ3v) is 10.6. The Hall–Kier alpha value is -7.63. The van der Waals surface area contributed by atoms with E-state index >= 15 is 0 Å². The second-order valence-corrected chi connectivity index (χ2v) is 14.1. The number of fused-ring (bicyclic) bond motifs is 6. The van der Waals surface area contributed by atoms with Crippen LogP contribution in [0.3, 0.4) is 0 Å². The second kappa shape index (κ2) is 13.0. The molecule has 0 saturated heterocycles. The lowest BCUT2D eigenvalue weighted by molar-refractivity contribution is 0.669. The maximum atomic E-state index is 6.43. The first-order chi connectivity index (χ1) is 27.7. The molecule has 0 unspecified atom stereocenters. The summed E-state index contributed by atoms with van der Waals surface area (Å²) in [6, 6.07) is 67.6. The SMILES string of the molecule is c1ccc(-c2cc(-c3cccc(-c4nc(-c5ccccc5)nc(-c5ccccc5)n4)c3)cc(-n3c4ccccc4c4cc5c(cc43)oc3ccccc35)c2)cc1. The Kier molecular flexibility index (Phi) is 7.42. The molecule has 262 valence electrons. The molecule has 3 heterocycles. The van der Waals surface area contributed by atoms with Crippen molar-refractivity contribution in [1.82, 2.24) is 19.5 Å². The van der Waals surface area contributed by atoms with Gasteiger partial charge >= 0.3 is 0 Å². The minimum Gasteiger partial charge on any atom is -0.456 e. The zero-order chi connectivity index (χ0) is 37.0. The van der Waals surface area contributed by atoms with Crippen molar-refractivity contribution in [3.05, 3.63) is 194 Å². The molecule has 0 atom stereocenters. The van der Waals surface area contributed by atoms with Crippen molar-refractivity contribution < 1.29 is 4.42 Å². The van der Waals surface area contributed by atoms with Crippen LogP contribution >= 0.6 is 0 Å². The van der Waals surface area contributed by atoms with Gasteiger partial charge in [0.15, 0.2) is 17.5 Å². The lowest BCUT2D eigenvalue weighted by Crippen LogP contribution is -2.00. The van der Waals surface area contributed by atoms with Crippen molar-refractivity contribution >= 4 is 43.7 Å². The van der Waals surface area contributed by atoms with Crippen molar-refractivity contribution in [2.75, 3.05) is 0 Å². The van der Waals surface area contributed by atoms with Crippen LogP contribution in [-0.4, -0.2) is 19.5 Å². The molecule has 0 radical (unpaired) electrons. The number of hydrogen-bond donors (Lipinski definition) is 0. The largest absolute Gasteiger partial charge is 0.456 e. The molecule has 0 bridgehead atoms. The monoisotopic (exact) mass is 716 g/mol. The van der Waals surface area contributed by atoms with Crippen molar-refractivity contribution in [1.29, 1.82) is 0 Å². The summed E-state index contributed by atoms with van der Waals surface area (Å²) in [5, 5.41) is 4.63. The molecule has 11 aromatic rings. The van der Waals surface area contributed by atoms with Gasteiger partial charge in [-0.1, -0.05) is 146 Å². The molecule has 0 aliphatic carbocycles. The molecule has 0 aliphatic heterocycles. The fourth-order valence-electron chi connectivity index (χ4n) is 7.95. The summed E-state index contributed by atoms with van der Waals surface area (Å²) < 4.78 is 8.81. The van der Waals surface area contributed by atoms with E-state index in [1.54, 1.807) is 0 Å². The Bertz CT molecular complexity index is 3180. The second-order valence-electron chi connectivity index (χ2n) is 14.1. The molecule has 0 spiro atoms. The van der Waals surface area contributed by atoms with Crippen LogP contribution < -0.4 is 0 Å². The quantitative estimate of drug-likeness (QED) is 0.172. The molecule has 3 aromatic heterocycles. The fraction of sp³-hybridized carbons (Fsp3) is 0. The zero-order valence-corrected chi connectivity index (χ0v) is 30.2. The van der Waals surface area contributed by atoms with Crippen LogP contribution in [0.2, 0.25) is 0 Å². The van der Waals surface area contributed by atoms with E-state index in [-0.39, 0.29) is 0 Å². The van der Waals surface area contributed by atoms with E-state index in [2.05, 4.69) is 126 Å². The Balaban J connectivity index is 1.12. The summed E-state index contributed by atoms with van der Waals surface area (Å²) in [5.41, 5.74) is 12.3. The molecular weight excluding hydrogens is 685 g/mol. The summed E-state index contributed by atoms with van der Waals surface area (Å²) in [4.78, 5) is 15.0. The summed E-state index contributed by atoms with van der Waals surface area (Å²) in [6.07, 6.45) is 0. The van der Waals surface area contributed by atoms with Crippen LogP contribution in [0.5, 0.6) is 0 Å². The van der Waals surface area contributed by atoms with E-state index in [0.29, 0.717) is 17.5 Å². The average molecular weight is 717 g/mol. The molecule has 5 nitrogen and oxygen atoms in total. The predicted octanol–water partition coefficient (Wildman–Crippen LogP) is 13.2. The summed E-state index contributed by atoms with van der Waals surface area (Å²) >= 11 is 0. The average Bonchev–Trinajstić information content (AvgIpc) is 3.81. The van der Waals surface area contributed by atoms with Gasteiger partial charge in [-0.25, -0.2) is 15.0 Å². The molecule has 0 saturated carbocycles. The van der Waals surface area contributed by atoms with E-state index < -0.39 is 0 Å². The number of benzene rings is 8. The number of rotatable bonds is 6. The number of furan rings is 1. The van der Waals surface area contributed by atoms with E-state index in [1.165, 1.54) is 10.8 Å². The molecule has 5 heteroatoms. The number of hydrogen-bond acceptors (Lipinski definition) is 4. The topological polar surface area (TPSA) is 56.7 Å². The highest BCUT2D eigenvalue weighted by Gasteiger charge is 2.19. The van der Waals surface area contributed by atoms with Gasteiger partial charge in [-0.15, -0.1) is 0 Å². The number of nitrogens with zero attached hydrogens (tertiary/aromatic N) is 4. The Labute approximate surface area is 322 Å². The van der Waals surface area contributed by atoms with Crippen LogP contribution in [0, 0.1) is 0 Å². The number of aromatic nitrogens is 4. The summed E-state index contributed by atoms with van der Waals surface area (Å²) in [6.45, 7) is 0. The smallest absolute Gasteiger partial charge is 0.164 e. The van der Waals surface area contributed by atoms with Crippen molar-refractivity contribution in [3.8, 4) is 62.1 Å². The minimum atomic E-state index is 0.622. The zero-order valence-electron chi connectivity index (χ0n) is 30.2. The van der Waals surface area contributed by atoms with Gasteiger partial charge in [0.2, 0.25) is 0 Å². The fourth-order valence-corrected chi connectivity index (χ4v) is 7.95. The van der Waals surface area contributed by atoms with Gasteiger partial charge in [0.05, 0.1) is 11.0 Å². The van der Waals surface area contributed by atoms with E-state index in [1.807, 2.05) is 72.8 Å². The van der Waals surface area contributed by atoms with Crippen LogP contribution in [0.4, 0.5) is 0 Å². The Morgan fingerprint density at radius 2 is 0.821 bits per heavy atom. The number of para-hydroxylation sites is 2. The maximum Gasteiger partial charge on any atom is 0.164 e. The molecule has 0 aliphatic rings. The third kappa shape index (κ3) is 5.45. The first kappa shape index (κ1) is 31.9. The van der Waals surface area contributed by atoms with Gasteiger partial charge in [-0.3, -0.25) is 0 Å². The summed E-state index contributed by atoms with van der Waals surface area (Å²) in [7, 11) is 0. The molecule has 56 heavy (non-hydrogen) atoms. The van der Waals surface area contributed by atoms with Gasteiger partial charge in [0.1, 0.15) is 11.2 Å². The molecule has 0 N–H and O–H groups in total. The van der Waals surface area contributed by atoms with Crippen LogP contribution in [-0.2, 0) is 0 Å². The predicted molar refractivity (Wildman–Crippen MR) is 229 cm³/mol. The Morgan fingerprint density at radius 1 is 0.304 bits per heavy atom. The molecular formula is C51H32N4O. The highest BCUT2D eigenvalue weighted by molar-refractivity contribution is 6.17. The van der Waals surface area contributed by atoms with Gasteiger partial charge in [0.25, 0.3) is 0 Å². The highest BCUT2D eigenvalue weighted by Crippen LogP contribution is 2.40. The standard InChI is InChI=1S/C51H32N4O/c1-4-15-33(16-5-1)38-28-39(36-21-14-22-37(27-36)51-53-49(34-17-6-2-7-18-34)52-50(54-51)35-19-8-3-9-20-35)30-40(29-38)55-45-25-12-10-23-41(45)43-31-44-42-24-11-13-26-47(42)56-48(44)32-46(43)55/h1-32H. The van der Waals surface area contributed by atoms with E-state index in [0.717, 1.165) is 77.6 Å². The van der Waals surface area contributed by atoms with E-state index in [4.69, 9.17) is 19.4 Å². The minimum absolute atomic E-state index is 0.622. The third-order valence-electron chi connectivity index (χ3n) is 10.6. The van der Waals surface area contributed by atoms with Gasteiger partial charge in [-0.2, -0.15) is 0 Å². The van der Waals surface area contributed by atoms with Gasteiger partial charge in [-0.05, 0) is 64.7 Å². The molecule has 11 rings (SSSR count). The highest BCUT2D eigenvalue weighted by atomic mass is 16.3. The van der Waals surface area contributed by atoms with Crippen LogP contribution in [0.25, 0.3) is 106 Å². The van der Waals surface area contributed by atoms with Crippen LogP contribution in [0.15, 0.2) is 199 Å². The first-order valence-corrected chi connectivity index (χ1v) is 18.8.